The number of methoxy groups -OCH3 is 1. The van der Waals surface area contributed by atoms with Gasteiger partial charge in [-0.15, -0.1) is 0 Å². The van der Waals surface area contributed by atoms with Crippen molar-refractivity contribution in [2.75, 3.05) is 19.5 Å². The standard InChI is InChI=1S/C10H18BrNO3S/c1-15-4-5-16(13,14)12-9-2-3-10(12)7-8(11)6-9/h8-10H,2-7H2,1H3. The lowest BCUT2D eigenvalue weighted by Crippen LogP contribution is -2.48. The molecule has 2 heterocycles. The van der Waals surface area contributed by atoms with Crippen LogP contribution in [0.4, 0.5) is 0 Å². The van der Waals surface area contributed by atoms with Gasteiger partial charge in [0.2, 0.25) is 10.0 Å². The molecule has 2 rings (SSSR count). The molecule has 0 spiro atoms. The van der Waals surface area contributed by atoms with Crippen molar-refractivity contribution < 1.29 is 13.2 Å². The molecular formula is C10H18BrNO3S. The van der Waals surface area contributed by atoms with Crippen molar-refractivity contribution in [2.45, 2.75) is 42.6 Å². The summed E-state index contributed by atoms with van der Waals surface area (Å²) in [5.41, 5.74) is 0. The van der Waals surface area contributed by atoms with Crippen LogP contribution in [0.2, 0.25) is 0 Å². The van der Waals surface area contributed by atoms with E-state index in [4.69, 9.17) is 4.74 Å². The first kappa shape index (κ1) is 12.8. The number of hydrogen-bond donors (Lipinski definition) is 0. The molecular weight excluding hydrogens is 294 g/mol. The fourth-order valence-electron chi connectivity index (χ4n) is 2.82. The minimum absolute atomic E-state index is 0.115. The first-order valence-electron chi connectivity index (χ1n) is 5.69. The Morgan fingerprint density at radius 2 is 1.88 bits per heavy atom. The Morgan fingerprint density at radius 3 is 2.38 bits per heavy atom. The van der Waals surface area contributed by atoms with Gasteiger partial charge in [0.25, 0.3) is 0 Å². The van der Waals surface area contributed by atoms with E-state index in [0.717, 1.165) is 25.7 Å². The zero-order chi connectivity index (χ0) is 11.8. The number of rotatable bonds is 4. The first-order chi connectivity index (χ1) is 7.54. The van der Waals surface area contributed by atoms with Crippen LogP contribution in [0.15, 0.2) is 0 Å². The van der Waals surface area contributed by atoms with Gasteiger partial charge in [-0.2, -0.15) is 4.31 Å². The zero-order valence-electron chi connectivity index (χ0n) is 9.43. The zero-order valence-corrected chi connectivity index (χ0v) is 11.8. The molecule has 2 aliphatic rings. The smallest absolute Gasteiger partial charge is 0.216 e. The van der Waals surface area contributed by atoms with Crippen molar-refractivity contribution in [1.82, 2.24) is 4.31 Å². The summed E-state index contributed by atoms with van der Waals surface area (Å²) in [4.78, 5) is 0.485. The minimum atomic E-state index is -3.12. The topological polar surface area (TPSA) is 46.6 Å². The molecule has 4 nitrogen and oxygen atoms in total. The molecule has 0 aromatic rings. The number of ether oxygens (including phenoxy) is 1. The van der Waals surface area contributed by atoms with Gasteiger partial charge in [-0.05, 0) is 25.7 Å². The van der Waals surface area contributed by atoms with E-state index in [1.54, 1.807) is 4.31 Å². The lowest BCUT2D eigenvalue weighted by atomic mass is 10.1. The Labute approximate surface area is 106 Å². The summed E-state index contributed by atoms with van der Waals surface area (Å²) in [6.45, 7) is 0.288. The van der Waals surface area contributed by atoms with Crippen LogP contribution in [0.25, 0.3) is 0 Å². The van der Waals surface area contributed by atoms with Crippen LogP contribution in [0.5, 0.6) is 0 Å². The minimum Gasteiger partial charge on any atom is -0.384 e. The monoisotopic (exact) mass is 311 g/mol. The molecule has 2 bridgehead atoms. The maximum Gasteiger partial charge on any atom is 0.216 e. The summed E-state index contributed by atoms with van der Waals surface area (Å²) in [6.07, 6.45) is 3.92. The second-order valence-corrected chi connectivity index (χ2v) is 7.88. The van der Waals surface area contributed by atoms with Gasteiger partial charge in [-0.25, -0.2) is 8.42 Å². The molecule has 0 aliphatic carbocycles. The van der Waals surface area contributed by atoms with Gasteiger partial charge in [0, 0.05) is 24.0 Å². The van der Waals surface area contributed by atoms with Crippen molar-refractivity contribution in [3.63, 3.8) is 0 Å². The van der Waals surface area contributed by atoms with Crippen LogP contribution < -0.4 is 0 Å². The van der Waals surface area contributed by atoms with Crippen molar-refractivity contribution in [3.8, 4) is 0 Å². The van der Waals surface area contributed by atoms with Gasteiger partial charge in [-0.1, -0.05) is 15.9 Å². The predicted octanol–water partition coefficient (Wildman–Crippen LogP) is 1.35. The molecule has 0 aromatic carbocycles. The summed E-state index contributed by atoms with van der Waals surface area (Å²) >= 11 is 3.61. The van der Waals surface area contributed by atoms with E-state index in [9.17, 15) is 8.42 Å². The van der Waals surface area contributed by atoms with Gasteiger partial charge in [-0.3, -0.25) is 0 Å². The molecule has 2 unspecified atom stereocenters. The summed E-state index contributed by atoms with van der Waals surface area (Å²) in [5.74, 6) is 0.115. The Hall–Kier alpha value is 0.350. The lowest BCUT2D eigenvalue weighted by molar-refractivity contribution is 0.210. The molecule has 0 amide bonds. The molecule has 94 valence electrons. The third-order valence-electron chi connectivity index (χ3n) is 3.48. The number of nitrogens with zero attached hydrogens (tertiary/aromatic N) is 1. The van der Waals surface area contributed by atoms with Gasteiger partial charge < -0.3 is 4.74 Å². The van der Waals surface area contributed by atoms with E-state index in [2.05, 4.69) is 15.9 Å². The van der Waals surface area contributed by atoms with E-state index < -0.39 is 10.0 Å². The molecule has 2 fully saturated rings. The Kier molecular flexibility index (Phi) is 3.93. The molecule has 0 saturated carbocycles. The van der Waals surface area contributed by atoms with E-state index >= 15 is 0 Å². The van der Waals surface area contributed by atoms with Crippen molar-refractivity contribution >= 4 is 26.0 Å². The van der Waals surface area contributed by atoms with E-state index in [0.29, 0.717) is 4.83 Å². The second kappa shape index (κ2) is 4.92. The van der Waals surface area contributed by atoms with Crippen LogP contribution in [0, 0.1) is 0 Å². The highest BCUT2D eigenvalue weighted by Crippen LogP contribution is 2.40. The summed E-state index contributed by atoms with van der Waals surface area (Å²) in [6, 6.07) is 0.426. The first-order valence-corrected chi connectivity index (χ1v) is 8.21. The Morgan fingerprint density at radius 1 is 1.31 bits per heavy atom. The van der Waals surface area contributed by atoms with Gasteiger partial charge in [0.05, 0.1) is 12.4 Å². The van der Waals surface area contributed by atoms with Gasteiger partial charge >= 0.3 is 0 Å². The predicted molar refractivity (Wildman–Crippen MR) is 66.3 cm³/mol. The third kappa shape index (κ3) is 2.44. The fraction of sp³-hybridized carbons (Fsp3) is 1.00. The highest BCUT2D eigenvalue weighted by atomic mass is 79.9. The largest absolute Gasteiger partial charge is 0.384 e. The Bertz CT molecular complexity index is 332. The average Bonchev–Trinajstić information content (AvgIpc) is 2.50. The molecule has 2 atom stereocenters. The van der Waals surface area contributed by atoms with Crippen LogP contribution in [0.3, 0.4) is 0 Å². The van der Waals surface area contributed by atoms with Crippen LogP contribution in [-0.2, 0) is 14.8 Å². The Balaban J connectivity index is 2.10. The molecule has 2 aliphatic heterocycles. The number of hydrogen-bond acceptors (Lipinski definition) is 3. The van der Waals surface area contributed by atoms with Crippen molar-refractivity contribution in [1.29, 1.82) is 0 Å². The van der Waals surface area contributed by atoms with E-state index in [1.165, 1.54) is 7.11 Å². The fourth-order valence-corrected chi connectivity index (χ4v) is 5.56. The molecule has 0 N–H and O–H groups in total. The molecule has 16 heavy (non-hydrogen) atoms. The van der Waals surface area contributed by atoms with Crippen LogP contribution >= 0.6 is 15.9 Å². The summed E-state index contributed by atoms with van der Waals surface area (Å²) < 4.78 is 30.9. The molecule has 2 saturated heterocycles. The number of piperidine rings is 1. The number of fused-ring (bicyclic) bond motifs is 2. The van der Waals surface area contributed by atoms with Gasteiger partial charge in [0.1, 0.15) is 0 Å². The van der Waals surface area contributed by atoms with Gasteiger partial charge in [0.15, 0.2) is 0 Å². The van der Waals surface area contributed by atoms with E-state index in [-0.39, 0.29) is 24.4 Å². The maximum absolute atomic E-state index is 12.1. The van der Waals surface area contributed by atoms with Crippen LogP contribution in [-0.4, -0.2) is 49.1 Å². The third-order valence-corrected chi connectivity index (χ3v) is 6.14. The molecule has 0 aromatic heterocycles. The highest BCUT2D eigenvalue weighted by Gasteiger charge is 2.45. The average molecular weight is 312 g/mol. The quantitative estimate of drug-likeness (QED) is 0.736. The maximum atomic E-state index is 12.1. The van der Waals surface area contributed by atoms with Crippen molar-refractivity contribution in [3.05, 3.63) is 0 Å². The lowest BCUT2D eigenvalue weighted by Gasteiger charge is -2.35. The van der Waals surface area contributed by atoms with Crippen LogP contribution in [0.1, 0.15) is 25.7 Å². The highest BCUT2D eigenvalue weighted by molar-refractivity contribution is 9.09. The number of alkyl halides is 1. The number of sulfonamides is 1. The second-order valence-electron chi connectivity index (χ2n) is 4.59. The van der Waals surface area contributed by atoms with E-state index in [1.807, 2.05) is 0 Å². The summed E-state index contributed by atoms with van der Waals surface area (Å²) in [5, 5.41) is 0. The summed E-state index contributed by atoms with van der Waals surface area (Å²) in [7, 11) is -1.58. The SMILES string of the molecule is COCCS(=O)(=O)N1C2CCC1CC(Br)C2. The molecule has 6 heteroatoms. The number of halogens is 1. The molecule has 0 radical (unpaired) electrons. The van der Waals surface area contributed by atoms with Crippen molar-refractivity contribution in [2.24, 2.45) is 0 Å². The normalized spacial score (nSPS) is 35.5.